The molecule has 1 N–H and O–H groups in total. The summed E-state index contributed by atoms with van der Waals surface area (Å²) in [6, 6.07) is 9.68. The predicted octanol–water partition coefficient (Wildman–Crippen LogP) is 5.57. The van der Waals surface area contributed by atoms with E-state index in [-0.39, 0.29) is 12.4 Å². The van der Waals surface area contributed by atoms with E-state index in [0.717, 1.165) is 4.88 Å². The number of aryl methyl sites for hydroxylation is 1. The van der Waals surface area contributed by atoms with Crippen molar-refractivity contribution < 1.29 is 23.5 Å². The molecule has 0 aliphatic rings. The summed E-state index contributed by atoms with van der Waals surface area (Å²) in [5.74, 6) is -0.0320. The molecule has 3 rings (SSSR count). The molecule has 0 radical (unpaired) electrons. The maximum atomic E-state index is 12.4. The summed E-state index contributed by atoms with van der Waals surface area (Å²) >= 11 is 13.2. The standard InChI is InChI=1S/C19H15Cl2NO5S/c1-10-7-13(19(24)25-2)18(28-10)22-17(23)16-6-4-12(27-16)9-26-15-5-3-11(20)8-14(15)21/h3-8H,9H2,1-2H3,(H,22,23). The molecule has 0 atom stereocenters. The Balaban J connectivity index is 1.67. The fraction of sp³-hybridized carbons (Fsp3) is 0.158. The van der Waals surface area contributed by atoms with Gasteiger partial charge in [0.15, 0.2) is 5.76 Å². The number of anilines is 1. The molecule has 0 aliphatic carbocycles. The lowest BCUT2D eigenvalue weighted by Gasteiger charge is -2.06. The van der Waals surface area contributed by atoms with Crippen molar-refractivity contribution in [1.82, 2.24) is 0 Å². The summed E-state index contributed by atoms with van der Waals surface area (Å²) in [6.07, 6.45) is 0. The molecule has 0 bridgehead atoms. The van der Waals surface area contributed by atoms with Gasteiger partial charge in [-0.2, -0.15) is 0 Å². The Bertz CT molecular complexity index is 1030. The third-order valence-corrected chi connectivity index (χ3v) is 5.13. The van der Waals surface area contributed by atoms with Crippen LogP contribution in [0.3, 0.4) is 0 Å². The molecule has 1 aromatic carbocycles. The summed E-state index contributed by atoms with van der Waals surface area (Å²) in [5.41, 5.74) is 0.297. The van der Waals surface area contributed by atoms with Gasteiger partial charge < -0.3 is 19.2 Å². The first-order valence-corrected chi connectivity index (χ1v) is 9.61. The molecule has 146 valence electrons. The van der Waals surface area contributed by atoms with Crippen molar-refractivity contribution in [2.24, 2.45) is 0 Å². The SMILES string of the molecule is COC(=O)c1cc(C)sc1NC(=O)c1ccc(COc2ccc(Cl)cc2Cl)o1. The van der Waals surface area contributed by atoms with Crippen LogP contribution in [0.5, 0.6) is 5.75 Å². The summed E-state index contributed by atoms with van der Waals surface area (Å²) in [5, 5.41) is 3.95. The van der Waals surface area contributed by atoms with Crippen molar-refractivity contribution in [3.05, 3.63) is 68.4 Å². The second kappa shape index (κ2) is 8.68. The van der Waals surface area contributed by atoms with Crippen LogP contribution in [0, 0.1) is 6.92 Å². The Morgan fingerprint density at radius 3 is 2.68 bits per heavy atom. The second-order valence-corrected chi connectivity index (χ2v) is 7.77. The number of benzene rings is 1. The molecule has 1 amide bonds. The molecule has 0 saturated carbocycles. The molecule has 2 aromatic heterocycles. The molecule has 0 fully saturated rings. The van der Waals surface area contributed by atoms with Crippen molar-refractivity contribution in [2.75, 3.05) is 12.4 Å². The van der Waals surface area contributed by atoms with Gasteiger partial charge in [-0.15, -0.1) is 11.3 Å². The minimum absolute atomic E-state index is 0.0835. The first-order chi connectivity index (χ1) is 13.4. The minimum atomic E-state index is -0.520. The Kier molecular flexibility index (Phi) is 6.28. The number of esters is 1. The quantitative estimate of drug-likeness (QED) is 0.507. The van der Waals surface area contributed by atoms with E-state index in [2.05, 4.69) is 5.32 Å². The van der Waals surface area contributed by atoms with Crippen molar-refractivity contribution in [3.63, 3.8) is 0 Å². The highest BCUT2D eigenvalue weighted by atomic mass is 35.5. The zero-order valence-corrected chi connectivity index (χ0v) is 17.2. The largest absolute Gasteiger partial charge is 0.484 e. The van der Waals surface area contributed by atoms with Crippen molar-refractivity contribution >= 4 is 51.4 Å². The minimum Gasteiger partial charge on any atom is -0.484 e. The normalized spacial score (nSPS) is 10.6. The van der Waals surface area contributed by atoms with E-state index in [4.69, 9.17) is 37.1 Å². The molecule has 2 heterocycles. The van der Waals surface area contributed by atoms with E-state index in [1.54, 1.807) is 30.3 Å². The highest BCUT2D eigenvalue weighted by Gasteiger charge is 2.19. The van der Waals surface area contributed by atoms with Crippen LogP contribution >= 0.6 is 34.5 Å². The Labute approximate surface area is 175 Å². The van der Waals surface area contributed by atoms with E-state index < -0.39 is 11.9 Å². The molecule has 0 aliphatic heterocycles. The van der Waals surface area contributed by atoms with Crippen LogP contribution < -0.4 is 10.1 Å². The summed E-state index contributed by atoms with van der Waals surface area (Å²) in [7, 11) is 1.28. The number of nitrogens with one attached hydrogen (secondary N) is 1. The van der Waals surface area contributed by atoms with E-state index in [1.807, 2.05) is 6.92 Å². The van der Waals surface area contributed by atoms with Gasteiger partial charge in [-0.3, -0.25) is 4.79 Å². The number of furan rings is 1. The molecular weight excluding hydrogens is 425 g/mol. The van der Waals surface area contributed by atoms with E-state index >= 15 is 0 Å². The van der Waals surface area contributed by atoms with Crippen LogP contribution in [0.2, 0.25) is 10.0 Å². The van der Waals surface area contributed by atoms with Crippen molar-refractivity contribution in [1.29, 1.82) is 0 Å². The molecule has 0 unspecified atom stereocenters. The topological polar surface area (TPSA) is 77.8 Å². The average Bonchev–Trinajstić information content (AvgIpc) is 3.27. The maximum Gasteiger partial charge on any atom is 0.340 e. The number of methoxy groups -OCH3 is 1. The molecular formula is C19H15Cl2NO5S. The lowest BCUT2D eigenvalue weighted by Crippen LogP contribution is -2.13. The number of amides is 1. The van der Waals surface area contributed by atoms with Crippen LogP contribution in [0.15, 0.2) is 40.8 Å². The van der Waals surface area contributed by atoms with Gasteiger partial charge in [0.25, 0.3) is 5.91 Å². The fourth-order valence-corrected chi connectivity index (χ4v) is 3.71. The molecule has 0 spiro atoms. The molecule has 0 saturated heterocycles. The monoisotopic (exact) mass is 439 g/mol. The van der Waals surface area contributed by atoms with Crippen LogP contribution in [0.4, 0.5) is 5.00 Å². The Hall–Kier alpha value is -2.48. The van der Waals surface area contributed by atoms with Gasteiger partial charge in [0, 0.05) is 9.90 Å². The van der Waals surface area contributed by atoms with E-state index in [0.29, 0.717) is 32.1 Å². The third-order valence-electron chi connectivity index (χ3n) is 3.64. The van der Waals surface area contributed by atoms with E-state index in [1.165, 1.54) is 24.5 Å². The highest BCUT2D eigenvalue weighted by molar-refractivity contribution is 7.16. The summed E-state index contributed by atoms with van der Waals surface area (Å²) in [4.78, 5) is 25.1. The Morgan fingerprint density at radius 1 is 1.18 bits per heavy atom. The highest BCUT2D eigenvalue weighted by Crippen LogP contribution is 2.30. The first kappa shape index (κ1) is 20.3. The molecule has 9 heteroatoms. The van der Waals surface area contributed by atoms with Gasteiger partial charge in [0.1, 0.15) is 23.1 Å². The van der Waals surface area contributed by atoms with E-state index in [9.17, 15) is 9.59 Å². The number of hydrogen-bond acceptors (Lipinski definition) is 6. The maximum absolute atomic E-state index is 12.4. The second-order valence-electron chi connectivity index (χ2n) is 5.67. The zero-order valence-electron chi connectivity index (χ0n) is 14.9. The van der Waals surface area contributed by atoms with Gasteiger partial charge in [0.05, 0.1) is 17.7 Å². The Morgan fingerprint density at radius 2 is 1.96 bits per heavy atom. The number of hydrogen-bond donors (Lipinski definition) is 1. The van der Waals surface area contributed by atoms with Crippen molar-refractivity contribution in [3.8, 4) is 5.75 Å². The number of carbonyl (C=O) groups excluding carboxylic acids is 2. The average molecular weight is 440 g/mol. The number of rotatable bonds is 6. The van der Waals surface area contributed by atoms with Crippen LogP contribution in [-0.4, -0.2) is 19.0 Å². The van der Waals surface area contributed by atoms with Crippen LogP contribution in [0.25, 0.3) is 0 Å². The first-order valence-electron chi connectivity index (χ1n) is 8.04. The van der Waals surface area contributed by atoms with Gasteiger partial charge in [-0.1, -0.05) is 23.2 Å². The van der Waals surface area contributed by atoms with Crippen LogP contribution in [0.1, 0.15) is 31.6 Å². The van der Waals surface area contributed by atoms with Gasteiger partial charge in [0.2, 0.25) is 0 Å². The van der Waals surface area contributed by atoms with Gasteiger partial charge in [-0.05, 0) is 43.3 Å². The van der Waals surface area contributed by atoms with Gasteiger partial charge >= 0.3 is 5.97 Å². The number of halogens is 2. The zero-order chi connectivity index (χ0) is 20.3. The lowest BCUT2D eigenvalue weighted by molar-refractivity contribution is 0.0602. The smallest absolute Gasteiger partial charge is 0.340 e. The number of ether oxygens (including phenoxy) is 2. The van der Waals surface area contributed by atoms with Gasteiger partial charge in [-0.25, -0.2) is 4.79 Å². The van der Waals surface area contributed by atoms with Crippen molar-refractivity contribution in [2.45, 2.75) is 13.5 Å². The predicted molar refractivity (Wildman–Crippen MR) is 108 cm³/mol. The fourth-order valence-electron chi connectivity index (χ4n) is 2.35. The molecule has 3 aromatic rings. The summed E-state index contributed by atoms with van der Waals surface area (Å²) < 4.78 is 15.8. The lowest BCUT2D eigenvalue weighted by atomic mass is 10.3. The van der Waals surface area contributed by atoms with Crippen LogP contribution in [-0.2, 0) is 11.3 Å². The summed E-state index contributed by atoms with van der Waals surface area (Å²) in [6.45, 7) is 1.91. The number of carbonyl (C=O) groups is 2. The third kappa shape index (κ3) is 4.67. The molecule has 28 heavy (non-hydrogen) atoms. The molecule has 6 nitrogen and oxygen atoms in total. The number of thiophene rings is 1.